The molecule has 17 heavy (non-hydrogen) atoms. The summed E-state index contributed by atoms with van der Waals surface area (Å²) in [5.74, 6) is 0.550. The number of anilines is 1. The topological polar surface area (TPSA) is 42.0 Å². The molecule has 0 aliphatic heterocycles. The number of aromatic nitrogens is 1. The molecule has 0 unspecified atom stereocenters. The quantitative estimate of drug-likeness (QED) is 0.944. The van der Waals surface area contributed by atoms with Crippen LogP contribution >= 0.6 is 27.3 Å². The number of rotatable bonds is 3. The van der Waals surface area contributed by atoms with Gasteiger partial charge in [-0.05, 0) is 46.4 Å². The van der Waals surface area contributed by atoms with E-state index < -0.39 is 0 Å². The number of halogens is 1. The molecule has 88 valence electrons. The number of pyridine rings is 1. The van der Waals surface area contributed by atoms with Crippen LogP contribution in [0, 0.1) is 6.92 Å². The monoisotopic (exact) mass is 310 g/mol. The smallest absolute Gasteiger partial charge is 0.230 e. The van der Waals surface area contributed by atoms with Crippen LogP contribution in [0.25, 0.3) is 0 Å². The van der Waals surface area contributed by atoms with Gasteiger partial charge >= 0.3 is 0 Å². The molecule has 0 radical (unpaired) electrons. The van der Waals surface area contributed by atoms with Crippen LogP contribution in [0.1, 0.15) is 10.6 Å². The molecule has 0 saturated carbocycles. The Morgan fingerprint density at radius 2 is 2.29 bits per heavy atom. The first kappa shape index (κ1) is 12.3. The predicted molar refractivity (Wildman–Crippen MR) is 73.3 cm³/mol. The third kappa shape index (κ3) is 3.38. The third-order valence-corrected chi connectivity index (χ3v) is 3.92. The Morgan fingerprint density at radius 3 is 2.94 bits per heavy atom. The first-order chi connectivity index (χ1) is 8.15. The Hall–Kier alpha value is -1.20. The van der Waals surface area contributed by atoms with Gasteiger partial charge in [-0.1, -0.05) is 6.07 Å². The molecule has 0 spiro atoms. The summed E-state index contributed by atoms with van der Waals surface area (Å²) in [5.41, 5.74) is 0.860. The van der Waals surface area contributed by atoms with Crippen molar-refractivity contribution in [3.05, 3.63) is 44.7 Å². The lowest BCUT2D eigenvalue weighted by Gasteiger charge is -2.05. The van der Waals surface area contributed by atoms with Gasteiger partial charge in [0.25, 0.3) is 0 Å². The molecule has 1 N–H and O–H groups in total. The SMILES string of the molecule is Cc1nc(NC(=O)Cc2cccs2)ccc1Br. The van der Waals surface area contributed by atoms with E-state index in [4.69, 9.17) is 0 Å². The van der Waals surface area contributed by atoms with Crippen molar-refractivity contribution >= 4 is 39.0 Å². The lowest BCUT2D eigenvalue weighted by atomic mass is 10.3. The zero-order chi connectivity index (χ0) is 12.3. The minimum atomic E-state index is -0.0401. The van der Waals surface area contributed by atoms with Crippen molar-refractivity contribution in [2.75, 3.05) is 5.32 Å². The molecule has 3 nitrogen and oxygen atoms in total. The van der Waals surface area contributed by atoms with Gasteiger partial charge in [-0.3, -0.25) is 4.79 Å². The van der Waals surface area contributed by atoms with Crippen LogP contribution in [0.3, 0.4) is 0 Å². The Balaban J connectivity index is 2.00. The Morgan fingerprint density at radius 1 is 1.47 bits per heavy atom. The minimum absolute atomic E-state index is 0.0401. The van der Waals surface area contributed by atoms with Gasteiger partial charge in [0.15, 0.2) is 0 Å². The van der Waals surface area contributed by atoms with E-state index in [1.165, 1.54) is 0 Å². The van der Waals surface area contributed by atoms with Crippen LogP contribution < -0.4 is 5.32 Å². The molecule has 0 atom stereocenters. The normalized spacial score (nSPS) is 10.2. The molecule has 2 aromatic heterocycles. The molecule has 1 amide bonds. The van der Waals surface area contributed by atoms with Gasteiger partial charge in [0.1, 0.15) is 5.82 Å². The predicted octanol–water partition coefficient (Wildman–Crippen LogP) is 3.40. The summed E-state index contributed by atoms with van der Waals surface area (Å²) in [5, 5.41) is 4.75. The Kier molecular flexibility index (Phi) is 3.91. The van der Waals surface area contributed by atoms with Gasteiger partial charge in [0.2, 0.25) is 5.91 Å². The van der Waals surface area contributed by atoms with Gasteiger partial charge in [0.05, 0.1) is 12.1 Å². The second-order valence-electron chi connectivity index (χ2n) is 3.57. The second kappa shape index (κ2) is 5.42. The van der Waals surface area contributed by atoms with E-state index in [1.807, 2.05) is 30.5 Å². The second-order valence-corrected chi connectivity index (χ2v) is 5.45. The van der Waals surface area contributed by atoms with E-state index >= 15 is 0 Å². The average molecular weight is 311 g/mol. The molecule has 0 aromatic carbocycles. The van der Waals surface area contributed by atoms with Gasteiger partial charge in [-0.15, -0.1) is 11.3 Å². The number of aryl methyl sites for hydroxylation is 1. The summed E-state index contributed by atoms with van der Waals surface area (Å²) >= 11 is 4.95. The van der Waals surface area contributed by atoms with Crippen LogP contribution in [0.2, 0.25) is 0 Å². The zero-order valence-electron chi connectivity index (χ0n) is 9.24. The lowest BCUT2D eigenvalue weighted by molar-refractivity contribution is -0.115. The zero-order valence-corrected chi connectivity index (χ0v) is 11.6. The van der Waals surface area contributed by atoms with Crippen molar-refractivity contribution in [2.45, 2.75) is 13.3 Å². The number of thiophene rings is 1. The van der Waals surface area contributed by atoms with Gasteiger partial charge < -0.3 is 5.32 Å². The van der Waals surface area contributed by atoms with Crippen molar-refractivity contribution < 1.29 is 4.79 Å². The summed E-state index contributed by atoms with van der Waals surface area (Å²) in [6, 6.07) is 7.55. The molecule has 2 aromatic rings. The molecule has 0 bridgehead atoms. The van der Waals surface area contributed by atoms with Crippen molar-refractivity contribution in [1.29, 1.82) is 0 Å². The molecule has 2 rings (SSSR count). The third-order valence-electron chi connectivity index (χ3n) is 2.20. The highest BCUT2D eigenvalue weighted by Gasteiger charge is 2.06. The number of hydrogen-bond donors (Lipinski definition) is 1. The van der Waals surface area contributed by atoms with E-state index in [0.29, 0.717) is 12.2 Å². The molecule has 5 heteroatoms. The molecular formula is C12H11BrN2OS. The molecule has 0 saturated heterocycles. The summed E-state index contributed by atoms with van der Waals surface area (Å²) in [7, 11) is 0. The van der Waals surface area contributed by atoms with Crippen molar-refractivity contribution in [2.24, 2.45) is 0 Å². The fraction of sp³-hybridized carbons (Fsp3) is 0.167. The fourth-order valence-corrected chi connectivity index (χ4v) is 2.30. The summed E-state index contributed by atoms with van der Waals surface area (Å²) in [4.78, 5) is 17.0. The number of hydrogen-bond acceptors (Lipinski definition) is 3. The standard InChI is InChI=1S/C12H11BrN2OS/c1-8-10(13)4-5-11(14-8)15-12(16)7-9-3-2-6-17-9/h2-6H,7H2,1H3,(H,14,15,16). The average Bonchev–Trinajstić information content (AvgIpc) is 2.76. The van der Waals surface area contributed by atoms with Gasteiger partial charge in [0, 0.05) is 9.35 Å². The van der Waals surface area contributed by atoms with Crippen LogP contribution in [-0.4, -0.2) is 10.9 Å². The van der Waals surface area contributed by atoms with Crippen LogP contribution in [0.4, 0.5) is 5.82 Å². The van der Waals surface area contributed by atoms with E-state index in [1.54, 1.807) is 17.4 Å². The Labute approximate surface area is 112 Å². The van der Waals surface area contributed by atoms with Crippen molar-refractivity contribution in [3.8, 4) is 0 Å². The highest BCUT2D eigenvalue weighted by molar-refractivity contribution is 9.10. The van der Waals surface area contributed by atoms with Crippen LogP contribution in [-0.2, 0) is 11.2 Å². The number of carbonyl (C=O) groups is 1. The van der Waals surface area contributed by atoms with Crippen molar-refractivity contribution in [3.63, 3.8) is 0 Å². The van der Waals surface area contributed by atoms with E-state index in [2.05, 4.69) is 26.2 Å². The van der Waals surface area contributed by atoms with Gasteiger partial charge in [-0.2, -0.15) is 0 Å². The van der Waals surface area contributed by atoms with E-state index in [0.717, 1.165) is 15.0 Å². The maximum atomic E-state index is 11.7. The maximum Gasteiger partial charge on any atom is 0.230 e. The van der Waals surface area contributed by atoms with Crippen LogP contribution in [0.15, 0.2) is 34.1 Å². The molecule has 0 fully saturated rings. The molecule has 2 heterocycles. The maximum absolute atomic E-state index is 11.7. The largest absolute Gasteiger partial charge is 0.310 e. The summed E-state index contributed by atoms with van der Waals surface area (Å²) in [6.07, 6.45) is 0.397. The number of carbonyl (C=O) groups excluding carboxylic acids is 1. The lowest BCUT2D eigenvalue weighted by Crippen LogP contribution is -2.14. The molecule has 0 aliphatic carbocycles. The summed E-state index contributed by atoms with van der Waals surface area (Å²) in [6.45, 7) is 1.89. The number of amides is 1. The first-order valence-corrected chi connectivity index (χ1v) is 6.78. The fourth-order valence-electron chi connectivity index (χ4n) is 1.37. The highest BCUT2D eigenvalue weighted by atomic mass is 79.9. The first-order valence-electron chi connectivity index (χ1n) is 5.10. The van der Waals surface area contributed by atoms with Crippen molar-refractivity contribution in [1.82, 2.24) is 4.98 Å². The Bertz CT molecular complexity index is 525. The van der Waals surface area contributed by atoms with E-state index in [9.17, 15) is 4.79 Å². The molecule has 0 aliphatic rings. The minimum Gasteiger partial charge on any atom is -0.310 e. The van der Waals surface area contributed by atoms with Crippen LogP contribution in [0.5, 0.6) is 0 Å². The highest BCUT2D eigenvalue weighted by Crippen LogP contribution is 2.16. The number of nitrogens with zero attached hydrogens (tertiary/aromatic N) is 1. The molecular weight excluding hydrogens is 300 g/mol. The summed E-state index contributed by atoms with van der Waals surface area (Å²) < 4.78 is 0.939. The van der Waals surface area contributed by atoms with Gasteiger partial charge in [-0.25, -0.2) is 4.98 Å². The number of nitrogens with one attached hydrogen (secondary N) is 1. The van der Waals surface area contributed by atoms with E-state index in [-0.39, 0.29) is 5.91 Å².